The molecule has 1 saturated heterocycles. The van der Waals surface area contributed by atoms with Gasteiger partial charge in [0.15, 0.2) is 0 Å². The van der Waals surface area contributed by atoms with E-state index in [1.54, 1.807) is 11.9 Å². The Morgan fingerprint density at radius 2 is 1.77 bits per heavy atom. The van der Waals surface area contributed by atoms with Crippen LogP contribution in [0.1, 0.15) is 43.0 Å². The lowest BCUT2D eigenvalue weighted by Gasteiger charge is -2.32. The topological polar surface area (TPSA) is 95.0 Å². The number of hydrogen-bond donors (Lipinski definition) is 1. The fourth-order valence-corrected chi connectivity index (χ4v) is 4.55. The third-order valence-electron chi connectivity index (χ3n) is 4.77. The summed E-state index contributed by atoms with van der Waals surface area (Å²) >= 11 is 0. The lowest BCUT2D eigenvalue weighted by molar-refractivity contribution is -0.135. The zero-order chi connectivity index (χ0) is 19.3. The third kappa shape index (κ3) is 4.62. The molecule has 0 spiro atoms. The Balaban J connectivity index is 1.99. The van der Waals surface area contributed by atoms with Crippen molar-refractivity contribution in [2.75, 3.05) is 26.7 Å². The molecule has 1 aromatic carbocycles. The molecule has 26 heavy (non-hydrogen) atoms. The first-order chi connectivity index (χ1) is 12.3. The molecule has 1 N–H and O–H groups in total. The number of hydrogen-bond acceptors (Lipinski definition) is 4. The van der Waals surface area contributed by atoms with E-state index in [9.17, 15) is 18.0 Å². The number of rotatable bonds is 7. The van der Waals surface area contributed by atoms with Gasteiger partial charge in [0, 0.05) is 32.6 Å². The maximum atomic E-state index is 12.7. The molecule has 1 heterocycles. The molecule has 1 aliphatic heterocycles. The van der Waals surface area contributed by atoms with Gasteiger partial charge in [-0.3, -0.25) is 4.79 Å². The van der Waals surface area contributed by atoms with Crippen molar-refractivity contribution in [2.45, 2.75) is 37.5 Å². The van der Waals surface area contributed by atoms with Gasteiger partial charge in [0.25, 0.3) is 0 Å². The number of unbranched alkanes of at least 4 members (excludes halogenated alkanes) is 1. The minimum absolute atomic E-state index is 0.0448. The predicted octanol–water partition coefficient (Wildman–Crippen LogP) is 2.04. The molecule has 0 aromatic heterocycles. The van der Waals surface area contributed by atoms with Crippen molar-refractivity contribution in [1.29, 1.82) is 0 Å². The number of aromatic carboxylic acids is 1. The molecule has 0 aliphatic carbocycles. The number of benzene rings is 1. The molecule has 0 atom stereocenters. The summed E-state index contributed by atoms with van der Waals surface area (Å²) in [6, 6.07) is 5.20. The van der Waals surface area contributed by atoms with Crippen LogP contribution in [0.3, 0.4) is 0 Å². The van der Waals surface area contributed by atoms with Crippen LogP contribution < -0.4 is 0 Å². The predicted molar refractivity (Wildman–Crippen MR) is 97.4 cm³/mol. The van der Waals surface area contributed by atoms with Crippen LogP contribution in [0.4, 0.5) is 0 Å². The van der Waals surface area contributed by atoms with Crippen LogP contribution in [0.15, 0.2) is 29.2 Å². The van der Waals surface area contributed by atoms with Crippen LogP contribution in [0.25, 0.3) is 0 Å². The molecule has 8 heteroatoms. The van der Waals surface area contributed by atoms with Crippen LogP contribution >= 0.6 is 0 Å². The van der Waals surface area contributed by atoms with Crippen LogP contribution in [0.5, 0.6) is 0 Å². The molecule has 0 unspecified atom stereocenters. The second kappa shape index (κ2) is 8.64. The molecule has 1 amide bonds. The maximum Gasteiger partial charge on any atom is 0.335 e. The molecule has 1 aromatic rings. The van der Waals surface area contributed by atoms with Crippen LogP contribution in [-0.4, -0.2) is 61.3 Å². The average molecular weight is 382 g/mol. The third-order valence-corrected chi connectivity index (χ3v) is 6.68. The van der Waals surface area contributed by atoms with Gasteiger partial charge in [-0.15, -0.1) is 0 Å². The normalized spacial score (nSPS) is 16.4. The SMILES string of the molecule is CCCCN(C)C(=O)C1CCN(S(=O)(=O)c2ccc(C(=O)O)cc2)CC1. The van der Waals surface area contributed by atoms with E-state index in [0.29, 0.717) is 25.9 Å². The Bertz CT molecular complexity index is 737. The van der Waals surface area contributed by atoms with E-state index in [4.69, 9.17) is 5.11 Å². The standard InChI is InChI=1S/C18H26N2O5S/c1-3-4-11-19(2)17(21)14-9-12-20(13-10-14)26(24,25)16-7-5-15(6-8-16)18(22)23/h5-8,14H,3-4,9-13H2,1-2H3,(H,22,23). The second-order valence-corrected chi connectivity index (χ2v) is 8.56. The Hall–Kier alpha value is -1.93. The van der Waals surface area contributed by atoms with Crippen molar-refractivity contribution < 1.29 is 23.1 Å². The number of carbonyl (C=O) groups is 2. The van der Waals surface area contributed by atoms with E-state index in [0.717, 1.165) is 19.4 Å². The molecule has 2 rings (SSSR count). The number of piperidine rings is 1. The number of carboxylic acids is 1. The average Bonchev–Trinajstić information content (AvgIpc) is 2.65. The number of carboxylic acid groups (broad SMARTS) is 1. The van der Waals surface area contributed by atoms with Gasteiger partial charge in [0.1, 0.15) is 0 Å². The van der Waals surface area contributed by atoms with E-state index < -0.39 is 16.0 Å². The van der Waals surface area contributed by atoms with Crippen molar-refractivity contribution in [3.8, 4) is 0 Å². The van der Waals surface area contributed by atoms with Gasteiger partial charge < -0.3 is 10.0 Å². The van der Waals surface area contributed by atoms with Gasteiger partial charge in [-0.2, -0.15) is 4.31 Å². The largest absolute Gasteiger partial charge is 0.478 e. The monoisotopic (exact) mass is 382 g/mol. The summed E-state index contributed by atoms with van der Waals surface area (Å²) in [5, 5.41) is 8.91. The molecule has 1 aliphatic rings. The van der Waals surface area contributed by atoms with Gasteiger partial charge in [0.2, 0.25) is 15.9 Å². The van der Waals surface area contributed by atoms with Crippen molar-refractivity contribution >= 4 is 21.9 Å². The molecular weight excluding hydrogens is 356 g/mol. The van der Waals surface area contributed by atoms with Crippen molar-refractivity contribution in [3.63, 3.8) is 0 Å². The minimum atomic E-state index is -3.67. The summed E-state index contributed by atoms with van der Waals surface area (Å²) in [7, 11) is -1.88. The van der Waals surface area contributed by atoms with Crippen LogP contribution in [0, 0.1) is 5.92 Å². The van der Waals surface area contributed by atoms with Gasteiger partial charge in [-0.05, 0) is 43.5 Å². The van der Waals surface area contributed by atoms with E-state index in [2.05, 4.69) is 6.92 Å². The maximum absolute atomic E-state index is 12.7. The molecule has 0 radical (unpaired) electrons. The van der Waals surface area contributed by atoms with E-state index in [1.165, 1.54) is 28.6 Å². The van der Waals surface area contributed by atoms with Crippen molar-refractivity contribution in [2.24, 2.45) is 5.92 Å². The molecule has 0 bridgehead atoms. The lowest BCUT2D eigenvalue weighted by Crippen LogP contribution is -2.43. The highest BCUT2D eigenvalue weighted by Crippen LogP contribution is 2.25. The fraction of sp³-hybridized carbons (Fsp3) is 0.556. The quantitative estimate of drug-likeness (QED) is 0.779. The Labute approximate surface area is 154 Å². The molecule has 0 saturated carbocycles. The first kappa shape index (κ1) is 20.4. The lowest BCUT2D eigenvalue weighted by atomic mass is 9.96. The summed E-state index contributed by atoms with van der Waals surface area (Å²) in [6.07, 6.45) is 2.99. The van der Waals surface area contributed by atoms with Crippen LogP contribution in [-0.2, 0) is 14.8 Å². The minimum Gasteiger partial charge on any atom is -0.478 e. The molecule has 1 fully saturated rings. The van der Waals surface area contributed by atoms with Gasteiger partial charge in [-0.25, -0.2) is 13.2 Å². The zero-order valence-electron chi connectivity index (χ0n) is 15.2. The summed E-state index contributed by atoms with van der Waals surface area (Å²) in [5.74, 6) is -1.15. The highest BCUT2D eigenvalue weighted by molar-refractivity contribution is 7.89. The molecular formula is C18H26N2O5S. The summed E-state index contributed by atoms with van der Waals surface area (Å²) in [6.45, 7) is 3.39. The summed E-state index contributed by atoms with van der Waals surface area (Å²) in [5.41, 5.74) is 0.0448. The number of nitrogens with zero attached hydrogens (tertiary/aromatic N) is 2. The summed E-state index contributed by atoms with van der Waals surface area (Å²) in [4.78, 5) is 25.1. The zero-order valence-corrected chi connectivity index (χ0v) is 16.0. The number of carbonyl (C=O) groups excluding carboxylic acids is 1. The smallest absolute Gasteiger partial charge is 0.335 e. The first-order valence-electron chi connectivity index (χ1n) is 8.86. The van der Waals surface area contributed by atoms with Crippen molar-refractivity contribution in [3.05, 3.63) is 29.8 Å². The number of amides is 1. The molecule has 144 valence electrons. The Morgan fingerprint density at radius 1 is 1.19 bits per heavy atom. The molecule has 7 nitrogen and oxygen atoms in total. The van der Waals surface area contributed by atoms with E-state index in [1.807, 2.05) is 0 Å². The fourth-order valence-electron chi connectivity index (χ4n) is 3.08. The number of sulfonamides is 1. The van der Waals surface area contributed by atoms with Gasteiger partial charge in [-0.1, -0.05) is 13.3 Å². The van der Waals surface area contributed by atoms with Gasteiger partial charge >= 0.3 is 5.97 Å². The highest BCUT2D eigenvalue weighted by Gasteiger charge is 2.33. The van der Waals surface area contributed by atoms with Crippen molar-refractivity contribution in [1.82, 2.24) is 9.21 Å². The van der Waals surface area contributed by atoms with Crippen LogP contribution in [0.2, 0.25) is 0 Å². The second-order valence-electron chi connectivity index (χ2n) is 6.62. The van der Waals surface area contributed by atoms with E-state index in [-0.39, 0.29) is 22.3 Å². The van der Waals surface area contributed by atoms with Gasteiger partial charge in [0.05, 0.1) is 10.5 Å². The van der Waals surface area contributed by atoms with E-state index >= 15 is 0 Å². The Kier molecular flexibility index (Phi) is 6.77. The first-order valence-corrected chi connectivity index (χ1v) is 10.3. The summed E-state index contributed by atoms with van der Waals surface area (Å²) < 4.78 is 26.8. The highest BCUT2D eigenvalue weighted by atomic mass is 32.2. The Morgan fingerprint density at radius 3 is 2.27 bits per heavy atom.